The molecule has 0 aromatic heterocycles. The molecule has 1 saturated heterocycles. The molecule has 2 rings (SSSR count). The standard InChI is InChI=1S/C14H20NO2.BrH/c1-12(16)17-14-8-9-15(2,11-14)10-13-6-4-3-5-7-13;/h3-7,14H,8-11H2,1-2H3;1H/q+1;/p-1. The third-order valence-electron chi connectivity index (χ3n) is 3.38. The minimum Gasteiger partial charge on any atom is -1.00 e. The largest absolute Gasteiger partial charge is 1.00 e. The van der Waals surface area contributed by atoms with Crippen LogP contribution in [0.5, 0.6) is 0 Å². The number of halogens is 1. The number of hydrogen-bond acceptors (Lipinski definition) is 2. The van der Waals surface area contributed by atoms with E-state index in [1.165, 1.54) is 12.5 Å². The summed E-state index contributed by atoms with van der Waals surface area (Å²) >= 11 is 0. The zero-order chi connectivity index (χ0) is 12.3. The van der Waals surface area contributed by atoms with Gasteiger partial charge in [-0.25, -0.2) is 0 Å². The molecular formula is C14H20BrNO2. The van der Waals surface area contributed by atoms with Crippen molar-refractivity contribution in [1.29, 1.82) is 0 Å². The number of hydrogen-bond donors (Lipinski definition) is 0. The predicted octanol–water partition coefficient (Wildman–Crippen LogP) is -1.03. The fourth-order valence-corrected chi connectivity index (χ4v) is 2.63. The van der Waals surface area contributed by atoms with E-state index in [1.807, 2.05) is 6.07 Å². The maximum Gasteiger partial charge on any atom is 0.303 e. The zero-order valence-electron chi connectivity index (χ0n) is 10.9. The number of esters is 1. The lowest BCUT2D eigenvalue weighted by Crippen LogP contribution is -3.00. The highest BCUT2D eigenvalue weighted by Crippen LogP contribution is 2.23. The summed E-state index contributed by atoms with van der Waals surface area (Å²) in [5.41, 5.74) is 1.35. The molecule has 18 heavy (non-hydrogen) atoms. The van der Waals surface area contributed by atoms with Gasteiger partial charge in [0.25, 0.3) is 0 Å². The summed E-state index contributed by atoms with van der Waals surface area (Å²) in [5, 5.41) is 0. The molecule has 1 aliphatic rings. The van der Waals surface area contributed by atoms with Gasteiger partial charge in [-0.1, -0.05) is 30.3 Å². The Morgan fingerprint density at radius 2 is 2.06 bits per heavy atom. The first-order valence-corrected chi connectivity index (χ1v) is 6.12. The summed E-state index contributed by atoms with van der Waals surface area (Å²) in [6.07, 6.45) is 1.07. The first-order valence-electron chi connectivity index (χ1n) is 6.12. The molecule has 4 heteroatoms. The lowest BCUT2D eigenvalue weighted by molar-refractivity contribution is -0.912. The van der Waals surface area contributed by atoms with Gasteiger partial charge in [-0.05, 0) is 0 Å². The van der Waals surface area contributed by atoms with Crippen LogP contribution >= 0.6 is 0 Å². The maximum absolute atomic E-state index is 10.9. The maximum atomic E-state index is 10.9. The second-order valence-electron chi connectivity index (χ2n) is 5.19. The second-order valence-corrected chi connectivity index (χ2v) is 5.19. The molecule has 0 radical (unpaired) electrons. The molecule has 0 bridgehead atoms. The topological polar surface area (TPSA) is 26.3 Å². The van der Waals surface area contributed by atoms with Crippen LogP contribution in [0.1, 0.15) is 18.9 Å². The Bertz CT molecular complexity index is 396. The predicted molar refractivity (Wildman–Crippen MR) is 66.2 cm³/mol. The SMILES string of the molecule is CC(=O)OC1CC[N+](C)(Cc2ccccc2)C1.[Br-]. The fourth-order valence-electron chi connectivity index (χ4n) is 2.63. The number of nitrogens with zero attached hydrogens (tertiary/aromatic N) is 1. The van der Waals surface area contributed by atoms with Crippen molar-refractivity contribution >= 4 is 5.97 Å². The molecule has 1 heterocycles. The molecule has 1 aromatic carbocycles. The first kappa shape index (κ1) is 15.2. The van der Waals surface area contributed by atoms with Gasteiger partial charge in [-0.2, -0.15) is 0 Å². The Morgan fingerprint density at radius 3 is 2.67 bits per heavy atom. The average Bonchev–Trinajstić information content (AvgIpc) is 2.60. The molecule has 2 atom stereocenters. The highest BCUT2D eigenvalue weighted by atomic mass is 79.9. The fraction of sp³-hybridized carbons (Fsp3) is 0.500. The summed E-state index contributed by atoms with van der Waals surface area (Å²) < 4.78 is 6.25. The van der Waals surface area contributed by atoms with Gasteiger partial charge in [-0.3, -0.25) is 4.79 Å². The van der Waals surface area contributed by atoms with Crippen molar-refractivity contribution < 1.29 is 31.0 Å². The molecule has 3 nitrogen and oxygen atoms in total. The van der Waals surface area contributed by atoms with Crippen LogP contribution in [0.15, 0.2) is 30.3 Å². The van der Waals surface area contributed by atoms with Crippen molar-refractivity contribution in [1.82, 2.24) is 0 Å². The Kier molecular flexibility index (Phi) is 5.35. The van der Waals surface area contributed by atoms with E-state index in [1.54, 1.807) is 0 Å². The number of likely N-dealkylation sites (tertiary alicyclic amines) is 1. The normalized spacial score (nSPS) is 26.4. The van der Waals surface area contributed by atoms with E-state index in [2.05, 4.69) is 31.3 Å². The molecule has 100 valence electrons. The smallest absolute Gasteiger partial charge is 0.303 e. The van der Waals surface area contributed by atoms with Crippen LogP contribution in [-0.4, -0.2) is 36.7 Å². The van der Waals surface area contributed by atoms with Crippen LogP contribution in [0.3, 0.4) is 0 Å². The van der Waals surface area contributed by atoms with Gasteiger partial charge in [0, 0.05) is 18.9 Å². The van der Waals surface area contributed by atoms with Crippen molar-refractivity contribution in [2.45, 2.75) is 26.0 Å². The Hall–Kier alpha value is -0.870. The van der Waals surface area contributed by atoms with E-state index in [9.17, 15) is 4.79 Å². The number of carbonyl (C=O) groups excluding carboxylic acids is 1. The van der Waals surface area contributed by atoms with Crippen molar-refractivity contribution in [2.24, 2.45) is 0 Å². The Labute approximate surface area is 119 Å². The first-order chi connectivity index (χ1) is 8.07. The minimum absolute atomic E-state index is 0. The molecule has 1 fully saturated rings. The van der Waals surface area contributed by atoms with Gasteiger partial charge in [0.2, 0.25) is 0 Å². The van der Waals surface area contributed by atoms with Gasteiger partial charge in [0.1, 0.15) is 13.1 Å². The highest BCUT2D eigenvalue weighted by Gasteiger charge is 2.36. The van der Waals surface area contributed by atoms with Crippen LogP contribution in [0.2, 0.25) is 0 Å². The van der Waals surface area contributed by atoms with E-state index in [0.717, 1.165) is 30.5 Å². The number of quaternary nitrogens is 1. The molecule has 1 aromatic rings. The van der Waals surface area contributed by atoms with Crippen molar-refractivity contribution in [3.05, 3.63) is 35.9 Å². The molecule has 0 amide bonds. The van der Waals surface area contributed by atoms with Gasteiger partial charge >= 0.3 is 5.97 Å². The van der Waals surface area contributed by atoms with Crippen LogP contribution in [0, 0.1) is 0 Å². The molecule has 0 spiro atoms. The average molecular weight is 314 g/mol. The third-order valence-corrected chi connectivity index (χ3v) is 3.38. The van der Waals surface area contributed by atoms with E-state index in [4.69, 9.17) is 4.74 Å². The van der Waals surface area contributed by atoms with Crippen molar-refractivity contribution in [3.63, 3.8) is 0 Å². The van der Waals surface area contributed by atoms with Gasteiger partial charge in [0.15, 0.2) is 6.10 Å². The molecule has 0 saturated carbocycles. The third kappa shape index (κ3) is 4.10. The quantitative estimate of drug-likeness (QED) is 0.527. The van der Waals surface area contributed by atoms with E-state index in [0.29, 0.717) is 0 Å². The molecule has 1 aliphatic heterocycles. The summed E-state index contributed by atoms with van der Waals surface area (Å²) in [6.45, 7) is 4.50. The van der Waals surface area contributed by atoms with Crippen molar-refractivity contribution in [3.8, 4) is 0 Å². The Morgan fingerprint density at radius 1 is 1.39 bits per heavy atom. The van der Waals surface area contributed by atoms with Crippen LogP contribution < -0.4 is 17.0 Å². The van der Waals surface area contributed by atoms with Crippen LogP contribution in [0.25, 0.3) is 0 Å². The summed E-state index contributed by atoms with van der Waals surface area (Å²) in [5.74, 6) is -0.164. The van der Waals surface area contributed by atoms with Gasteiger partial charge in [0.05, 0.1) is 13.6 Å². The lowest BCUT2D eigenvalue weighted by Gasteiger charge is -2.29. The monoisotopic (exact) mass is 313 g/mol. The summed E-state index contributed by atoms with van der Waals surface area (Å²) in [7, 11) is 2.23. The van der Waals surface area contributed by atoms with E-state index < -0.39 is 0 Å². The Balaban J connectivity index is 0.00000162. The number of rotatable bonds is 3. The number of carbonyl (C=O) groups is 1. The number of likely N-dealkylation sites (N-methyl/N-ethyl adjacent to an activating group) is 1. The summed E-state index contributed by atoms with van der Waals surface area (Å²) in [6, 6.07) is 10.5. The van der Waals surface area contributed by atoms with Gasteiger partial charge in [-0.15, -0.1) is 0 Å². The van der Waals surface area contributed by atoms with Crippen LogP contribution in [0.4, 0.5) is 0 Å². The number of ether oxygens (including phenoxy) is 1. The minimum atomic E-state index is -0.164. The van der Waals surface area contributed by atoms with E-state index in [-0.39, 0.29) is 29.1 Å². The van der Waals surface area contributed by atoms with E-state index >= 15 is 0 Å². The van der Waals surface area contributed by atoms with Crippen molar-refractivity contribution in [2.75, 3.05) is 20.1 Å². The van der Waals surface area contributed by atoms with Crippen LogP contribution in [-0.2, 0) is 16.1 Å². The highest BCUT2D eigenvalue weighted by molar-refractivity contribution is 5.66. The molecular weight excluding hydrogens is 294 g/mol. The second kappa shape index (κ2) is 6.34. The molecule has 0 N–H and O–H groups in total. The molecule has 0 aliphatic carbocycles. The lowest BCUT2D eigenvalue weighted by atomic mass is 10.2. The number of benzene rings is 1. The summed E-state index contributed by atoms with van der Waals surface area (Å²) in [4.78, 5) is 10.9. The molecule has 2 unspecified atom stereocenters. The van der Waals surface area contributed by atoms with Gasteiger partial charge < -0.3 is 26.2 Å². The zero-order valence-corrected chi connectivity index (χ0v) is 12.5.